The van der Waals surface area contributed by atoms with Crippen LogP contribution < -0.4 is 4.90 Å². The van der Waals surface area contributed by atoms with E-state index in [1.807, 2.05) is 11.9 Å². The highest BCUT2D eigenvalue weighted by Crippen LogP contribution is 2.32. The lowest BCUT2D eigenvalue weighted by Crippen LogP contribution is -2.29. The molecule has 1 aliphatic heterocycles. The molecule has 7 nitrogen and oxygen atoms in total. The quantitative estimate of drug-likeness (QED) is 0.665. The third kappa shape index (κ3) is 2.88. The number of carboxylic acids is 1. The van der Waals surface area contributed by atoms with E-state index in [4.69, 9.17) is 5.11 Å². The van der Waals surface area contributed by atoms with Crippen LogP contribution in [0.5, 0.6) is 0 Å². The summed E-state index contributed by atoms with van der Waals surface area (Å²) in [7, 11) is 2.01. The lowest BCUT2D eigenvalue weighted by atomic mass is 10.1. The minimum absolute atomic E-state index is 0.259. The van der Waals surface area contributed by atoms with E-state index in [9.17, 15) is 14.9 Å². The molecule has 0 spiro atoms. The van der Waals surface area contributed by atoms with Crippen molar-refractivity contribution in [3.63, 3.8) is 0 Å². The molecule has 2 rings (SSSR count). The second-order valence-electron chi connectivity index (χ2n) is 4.88. The molecule has 1 fully saturated rings. The maximum Gasteiger partial charge on any atom is 0.342 e. The maximum absolute atomic E-state index is 11.2. The number of nitrogens with zero attached hydrogens (tertiary/aromatic N) is 3. The molecule has 7 heteroatoms. The second-order valence-corrected chi connectivity index (χ2v) is 4.88. The summed E-state index contributed by atoms with van der Waals surface area (Å²) in [4.78, 5) is 25.8. The van der Waals surface area contributed by atoms with Gasteiger partial charge in [0, 0.05) is 19.6 Å². The molecule has 1 saturated heterocycles. The molecule has 1 aliphatic rings. The molecule has 1 aromatic rings. The van der Waals surface area contributed by atoms with E-state index in [1.165, 1.54) is 6.07 Å². The molecule has 1 heterocycles. The van der Waals surface area contributed by atoms with Gasteiger partial charge in [0.15, 0.2) is 0 Å². The number of nitro groups is 1. The Morgan fingerprint density at radius 1 is 1.30 bits per heavy atom. The highest BCUT2D eigenvalue weighted by atomic mass is 16.6. The molecule has 0 unspecified atom stereocenters. The van der Waals surface area contributed by atoms with E-state index in [1.54, 1.807) is 12.1 Å². The molecular weight excluding hydrogens is 262 g/mol. The zero-order valence-corrected chi connectivity index (χ0v) is 11.3. The summed E-state index contributed by atoms with van der Waals surface area (Å²) in [5.74, 6) is -1.27. The fourth-order valence-corrected chi connectivity index (χ4v) is 2.44. The van der Waals surface area contributed by atoms with Gasteiger partial charge in [-0.3, -0.25) is 10.1 Å². The predicted octanol–water partition coefficient (Wildman–Crippen LogP) is 1.43. The fourth-order valence-electron chi connectivity index (χ4n) is 2.44. The van der Waals surface area contributed by atoms with Crippen molar-refractivity contribution in [2.45, 2.75) is 6.42 Å². The van der Waals surface area contributed by atoms with Gasteiger partial charge in [-0.15, -0.1) is 0 Å². The molecule has 0 radical (unpaired) electrons. The SMILES string of the molecule is CN1CCCN(c2cccc(C(=O)O)c2[N+](=O)[O-])CC1. The van der Waals surface area contributed by atoms with E-state index in [0.29, 0.717) is 18.8 Å². The van der Waals surface area contributed by atoms with Crippen LogP contribution in [0.15, 0.2) is 18.2 Å². The fraction of sp³-hybridized carbons (Fsp3) is 0.462. The number of carboxylic acid groups (broad SMARTS) is 1. The molecule has 0 aliphatic carbocycles. The summed E-state index contributed by atoms with van der Waals surface area (Å²) < 4.78 is 0. The third-order valence-corrected chi connectivity index (χ3v) is 3.49. The first-order chi connectivity index (χ1) is 9.50. The largest absolute Gasteiger partial charge is 0.477 e. The number of para-hydroxylation sites is 1. The predicted molar refractivity (Wildman–Crippen MR) is 74.4 cm³/mol. The van der Waals surface area contributed by atoms with Gasteiger partial charge in [-0.1, -0.05) is 6.07 Å². The highest BCUT2D eigenvalue weighted by molar-refractivity contribution is 5.95. The monoisotopic (exact) mass is 279 g/mol. The Hall–Kier alpha value is -2.15. The van der Waals surface area contributed by atoms with Crippen molar-refractivity contribution in [1.29, 1.82) is 0 Å². The van der Waals surface area contributed by atoms with Crippen LogP contribution >= 0.6 is 0 Å². The summed E-state index contributed by atoms with van der Waals surface area (Å²) in [6, 6.07) is 4.45. The van der Waals surface area contributed by atoms with Gasteiger partial charge in [0.05, 0.1) is 4.92 Å². The maximum atomic E-state index is 11.2. The number of likely N-dealkylation sites (N-methyl/N-ethyl adjacent to an activating group) is 1. The van der Waals surface area contributed by atoms with Crippen LogP contribution in [-0.2, 0) is 0 Å². The van der Waals surface area contributed by atoms with Crippen LogP contribution in [-0.4, -0.2) is 54.1 Å². The average molecular weight is 279 g/mol. The Morgan fingerprint density at radius 3 is 2.70 bits per heavy atom. The lowest BCUT2D eigenvalue weighted by molar-refractivity contribution is -0.384. The minimum Gasteiger partial charge on any atom is -0.477 e. The van der Waals surface area contributed by atoms with Crippen LogP contribution in [0.25, 0.3) is 0 Å². The molecule has 0 aromatic heterocycles. The highest BCUT2D eigenvalue weighted by Gasteiger charge is 2.27. The lowest BCUT2D eigenvalue weighted by Gasteiger charge is -2.22. The zero-order chi connectivity index (χ0) is 14.7. The Morgan fingerprint density at radius 2 is 2.05 bits per heavy atom. The van der Waals surface area contributed by atoms with Crippen molar-refractivity contribution in [3.8, 4) is 0 Å². The van der Waals surface area contributed by atoms with E-state index < -0.39 is 10.9 Å². The Bertz CT molecular complexity index is 532. The molecule has 108 valence electrons. The average Bonchev–Trinajstić information content (AvgIpc) is 2.62. The van der Waals surface area contributed by atoms with Crippen LogP contribution in [0.1, 0.15) is 16.8 Å². The first-order valence-corrected chi connectivity index (χ1v) is 6.45. The summed E-state index contributed by atoms with van der Waals surface area (Å²) in [6.07, 6.45) is 0.894. The van der Waals surface area contributed by atoms with Crippen LogP contribution in [0.4, 0.5) is 11.4 Å². The van der Waals surface area contributed by atoms with E-state index in [2.05, 4.69) is 4.90 Å². The zero-order valence-electron chi connectivity index (χ0n) is 11.3. The molecule has 0 atom stereocenters. The minimum atomic E-state index is -1.27. The molecule has 0 bridgehead atoms. The van der Waals surface area contributed by atoms with Gasteiger partial charge in [0.25, 0.3) is 0 Å². The summed E-state index contributed by atoms with van der Waals surface area (Å²) >= 11 is 0. The van der Waals surface area contributed by atoms with Gasteiger partial charge in [-0.2, -0.15) is 0 Å². The number of hydrogen-bond acceptors (Lipinski definition) is 5. The smallest absolute Gasteiger partial charge is 0.342 e. The van der Waals surface area contributed by atoms with Gasteiger partial charge in [0.1, 0.15) is 11.3 Å². The van der Waals surface area contributed by atoms with Crippen molar-refractivity contribution in [2.24, 2.45) is 0 Å². The van der Waals surface area contributed by atoms with Crippen LogP contribution in [0, 0.1) is 10.1 Å². The van der Waals surface area contributed by atoms with Crippen molar-refractivity contribution in [3.05, 3.63) is 33.9 Å². The number of benzene rings is 1. The molecule has 1 aromatic carbocycles. The molecule has 0 saturated carbocycles. The molecular formula is C13H17N3O4. The normalized spacial score (nSPS) is 16.8. The van der Waals surface area contributed by atoms with Crippen molar-refractivity contribution in [1.82, 2.24) is 4.90 Å². The number of hydrogen-bond donors (Lipinski definition) is 1. The van der Waals surface area contributed by atoms with Crippen LogP contribution in [0.3, 0.4) is 0 Å². The van der Waals surface area contributed by atoms with Gasteiger partial charge < -0.3 is 14.9 Å². The van der Waals surface area contributed by atoms with E-state index in [-0.39, 0.29) is 11.3 Å². The number of aromatic carboxylic acids is 1. The molecule has 1 N–H and O–H groups in total. The summed E-state index contributed by atoms with van der Waals surface area (Å²) in [5.41, 5.74) is -0.181. The topological polar surface area (TPSA) is 86.9 Å². The first-order valence-electron chi connectivity index (χ1n) is 6.45. The van der Waals surface area contributed by atoms with Crippen molar-refractivity contribution >= 4 is 17.3 Å². The number of carbonyl (C=O) groups is 1. The van der Waals surface area contributed by atoms with Gasteiger partial charge >= 0.3 is 11.7 Å². The van der Waals surface area contributed by atoms with Crippen LogP contribution in [0.2, 0.25) is 0 Å². The number of rotatable bonds is 3. The van der Waals surface area contributed by atoms with Crippen molar-refractivity contribution in [2.75, 3.05) is 38.1 Å². The number of nitro benzene ring substituents is 1. The van der Waals surface area contributed by atoms with Gasteiger partial charge in [0.2, 0.25) is 0 Å². The molecule has 0 amide bonds. The Balaban J connectivity index is 2.42. The van der Waals surface area contributed by atoms with Gasteiger partial charge in [-0.05, 0) is 32.1 Å². The van der Waals surface area contributed by atoms with Gasteiger partial charge in [-0.25, -0.2) is 4.79 Å². The molecule has 20 heavy (non-hydrogen) atoms. The van der Waals surface area contributed by atoms with Crippen molar-refractivity contribution < 1.29 is 14.8 Å². The second kappa shape index (κ2) is 5.87. The Labute approximate surface area is 116 Å². The standard InChI is InChI=1S/C13H17N3O4/c1-14-6-3-7-15(9-8-14)11-5-2-4-10(13(17)18)12(11)16(19)20/h2,4-5H,3,6-9H2,1H3,(H,17,18). The van der Waals surface area contributed by atoms with E-state index in [0.717, 1.165) is 19.5 Å². The van der Waals surface area contributed by atoms with E-state index >= 15 is 0 Å². The Kier molecular flexibility index (Phi) is 4.19. The number of anilines is 1. The first kappa shape index (κ1) is 14.3. The third-order valence-electron chi connectivity index (χ3n) is 3.49. The summed E-state index contributed by atoms with van der Waals surface area (Å²) in [6.45, 7) is 3.08. The summed E-state index contributed by atoms with van der Waals surface area (Å²) in [5, 5.41) is 20.3.